The zero-order valence-corrected chi connectivity index (χ0v) is 10.1. The molecule has 0 saturated carbocycles. The molecular formula is C13H10ClFN2O. The number of hydrogen-bond acceptors (Lipinski definition) is 2. The van der Waals surface area contributed by atoms with Gasteiger partial charge in [-0.05, 0) is 35.9 Å². The van der Waals surface area contributed by atoms with Gasteiger partial charge in [-0.25, -0.2) is 4.39 Å². The van der Waals surface area contributed by atoms with Gasteiger partial charge in [0.1, 0.15) is 5.82 Å². The minimum absolute atomic E-state index is 0.0199. The normalized spacial score (nSPS) is 10.1. The van der Waals surface area contributed by atoms with Crippen molar-refractivity contribution in [3.05, 3.63) is 64.7 Å². The van der Waals surface area contributed by atoms with Gasteiger partial charge in [-0.3, -0.25) is 9.78 Å². The molecule has 0 fully saturated rings. The molecule has 1 N–H and O–H groups in total. The largest absolute Gasteiger partial charge is 0.348 e. The van der Waals surface area contributed by atoms with Gasteiger partial charge in [-0.15, -0.1) is 0 Å². The van der Waals surface area contributed by atoms with Gasteiger partial charge in [0.15, 0.2) is 0 Å². The number of aromatic nitrogens is 1. The van der Waals surface area contributed by atoms with E-state index < -0.39 is 11.7 Å². The van der Waals surface area contributed by atoms with Gasteiger partial charge in [-0.2, -0.15) is 0 Å². The minimum atomic E-state index is -0.630. The highest BCUT2D eigenvalue weighted by Crippen LogP contribution is 2.14. The average molecular weight is 265 g/mol. The minimum Gasteiger partial charge on any atom is -0.348 e. The van der Waals surface area contributed by atoms with Gasteiger partial charge < -0.3 is 5.32 Å². The van der Waals surface area contributed by atoms with Crippen LogP contribution in [0.25, 0.3) is 0 Å². The summed E-state index contributed by atoms with van der Waals surface area (Å²) in [6, 6.07) is 7.51. The number of amides is 1. The second-order valence-electron chi connectivity index (χ2n) is 3.66. The van der Waals surface area contributed by atoms with E-state index >= 15 is 0 Å². The molecule has 0 aliphatic carbocycles. The molecule has 2 aromatic rings. The summed E-state index contributed by atoms with van der Waals surface area (Å²) in [5.41, 5.74) is 0.876. The van der Waals surface area contributed by atoms with E-state index in [1.807, 2.05) is 0 Å². The highest BCUT2D eigenvalue weighted by molar-refractivity contribution is 6.30. The van der Waals surface area contributed by atoms with E-state index in [1.54, 1.807) is 24.5 Å². The summed E-state index contributed by atoms with van der Waals surface area (Å²) in [6.45, 7) is 0.323. The molecule has 0 atom stereocenters. The van der Waals surface area contributed by atoms with Crippen molar-refractivity contribution in [1.82, 2.24) is 10.3 Å². The van der Waals surface area contributed by atoms with Crippen LogP contribution in [0.3, 0.4) is 0 Å². The van der Waals surface area contributed by atoms with Crippen LogP contribution in [0.1, 0.15) is 15.9 Å². The molecule has 5 heteroatoms. The van der Waals surface area contributed by atoms with Crippen LogP contribution < -0.4 is 5.32 Å². The monoisotopic (exact) mass is 264 g/mol. The number of nitrogens with one attached hydrogen (secondary N) is 1. The molecule has 0 spiro atoms. The number of carbonyl (C=O) groups excluding carboxylic acids is 1. The fourth-order valence-electron chi connectivity index (χ4n) is 1.45. The number of carbonyl (C=O) groups is 1. The van der Waals surface area contributed by atoms with Gasteiger partial charge >= 0.3 is 0 Å². The predicted octanol–water partition coefficient (Wildman–Crippen LogP) is 2.80. The molecule has 0 aliphatic rings. The van der Waals surface area contributed by atoms with Gasteiger partial charge in [0.25, 0.3) is 5.91 Å². The standard InChI is InChI=1S/C13H10ClFN2O/c14-10-1-2-11(12(15)7-10)13(18)17-8-9-3-5-16-6-4-9/h1-7H,8H2,(H,17,18). The Morgan fingerprint density at radius 1 is 1.28 bits per heavy atom. The zero-order chi connectivity index (χ0) is 13.0. The van der Waals surface area contributed by atoms with Crippen LogP contribution in [0.5, 0.6) is 0 Å². The number of nitrogens with zero attached hydrogens (tertiary/aromatic N) is 1. The third-order valence-corrected chi connectivity index (χ3v) is 2.61. The lowest BCUT2D eigenvalue weighted by atomic mass is 10.2. The lowest BCUT2D eigenvalue weighted by Crippen LogP contribution is -2.23. The van der Waals surface area contributed by atoms with E-state index in [4.69, 9.17) is 11.6 Å². The Labute approximate surface area is 109 Å². The van der Waals surface area contributed by atoms with Gasteiger partial charge in [0.05, 0.1) is 5.56 Å². The first-order valence-electron chi connectivity index (χ1n) is 5.29. The number of hydrogen-bond donors (Lipinski definition) is 1. The molecule has 0 saturated heterocycles. The number of benzene rings is 1. The van der Waals surface area contributed by atoms with E-state index in [-0.39, 0.29) is 10.6 Å². The highest BCUT2D eigenvalue weighted by Gasteiger charge is 2.11. The van der Waals surface area contributed by atoms with E-state index in [1.165, 1.54) is 12.1 Å². The molecule has 1 heterocycles. The van der Waals surface area contributed by atoms with Crippen LogP contribution >= 0.6 is 11.6 Å². The zero-order valence-electron chi connectivity index (χ0n) is 9.36. The first kappa shape index (κ1) is 12.5. The summed E-state index contributed by atoms with van der Waals surface area (Å²) in [7, 11) is 0. The van der Waals surface area contributed by atoms with Gasteiger partial charge in [0.2, 0.25) is 0 Å². The van der Waals surface area contributed by atoms with Crippen molar-refractivity contribution in [2.75, 3.05) is 0 Å². The summed E-state index contributed by atoms with van der Waals surface area (Å²) < 4.78 is 13.5. The Kier molecular flexibility index (Phi) is 3.89. The summed E-state index contributed by atoms with van der Waals surface area (Å²) in [5, 5.41) is 2.89. The van der Waals surface area contributed by atoms with E-state index in [2.05, 4.69) is 10.3 Å². The van der Waals surface area contributed by atoms with E-state index in [0.29, 0.717) is 6.54 Å². The molecule has 2 rings (SSSR count). The third kappa shape index (κ3) is 3.05. The maximum absolute atomic E-state index is 13.5. The second-order valence-corrected chi connectivity index (χ2v) is 4.10. The molecule has 0 bridgehead atoms. The summed E-state index contributed by atoms with van der Waals surface area (Å²) >= 11 is 5.62. The lowest BCUT2D eigenvalue weighted by Gasteiger charge is -2.06. The quantitative estimate of drug-likeness (QED) is 0.926. The fourth-order valence-corrected chi connectivity index (χ4v) is 1.61. The lowest BCUT2D eigenvalue weighted by molar-refractivity contribution is 0.0947. The first-order chi connectivity index (χ1) is 8.66. The molecule has 0 aliphatic heterocycles. The second kappa shape index (κ2) is 5.60. The third-order valence-electron chi connectivity index (χ3n) is 2.38. The maximum atomic E-state index is 13.5. The van der Waals surface area contributed by atoms with E-state index in [9.17, 15) is 9.18 Å². The number of halogens is 2. The summed E-state index contributed by atoms with van der Waals surface area (Å²) in [4.78, 5) is 15.6. The van der Waals surface area contributed by atoms with Crippen LogP contribution in [0, 0.1) is 5.82 Å². The maximum Gasteiger partial charge on any atom is 0.254 e. The Balaban J connectivity index is 2.04. The molecule has 1 amide bonds. The first-order valence-corrected chi connectivity index (χ1v) is 5.67. The molecular weight excluding hydrogens is 255 g/mol. The van der Waals surface area contributed by atoms with Crippen molar-refractivity contribution in [3.8, 4) is 0 Å². The molecule has 18 heavy (non-hydrogen) atoms. The molecule has 0 radical (unpaired) electrons. The van der Waals surface area contributed by atoms with Crippen molar-refractivity contribution >= 4 is 17.5 Å². The van der Waals surface area contributed by atoms with Gasteiger partial charge in [-0.1, -0.05) is 11.6 Å². The van der Waals surface area contributed by atoms with Crippen molar-refractivity contribution in [2.45, 2.75) is 6.54 Å². The smallest absolute Gasteiger partial charge is 0.254 e. The highest BCUT2D eigenvalue weighted by atomic mass is 35.5. The SMILES string of the molecule is O=C(NCc1ccncc1)c1ccc(Cl)cc1F. The Morgan fingerprint density at radius 2 is 2.00 bits per heavy atom. The average Bonchev–Trinajstić information content (AvgIpc) is 2.37. The molecule has 3 nitrogen and oxygen atoms in total. The number of rotatable bonds is 3. The van der Waals surface area contributed by atoms with E-state index in [0.717, 1.165) is 11.6 Å². The Morgan fingerprint density at radius 3 is 2.67 bits per heavy atom. The van der Waals surface area contributed by atoms with Gasteiger partial charge in [0, 0.05) is 24.0 Å². The summed E-state index contributed by atoms with van der Waals surface area (Å²) in [6.07, 6.45) is 3.26. The molecule has 1 aromatic heterocycles. The predicted molar refractivity (Wildman–Crippen MR) is 66.8 cm³/mol. The van der Waals surface area contributed by atoms with Crippen molar-refractivity contribution in [3.63, 3.8) is 0 Å². The van der Waals surface area contributed by atoms with Crippen LogP contribution in [-0.4, -0.2) is 10.9 Å². The van der Waals surface area contributed by atoms with Crippen LogP contribution in [0.2, 0.25) is 5.02 Å². The molecule has 92 valence electrons. The van der Waals surface area contributed by atoms with Crippen molar-refractivity contribution < 1.29 is 9.18 Å². The van der Waals surface area contributed by atoms with Crippen LogP contribution in [0.4, 0.5) is 4.39 Å². The topological polar surface area (TPSA) is 42.0 Å². The number of pyridine rings is 1. The Bertz CT molecular complexity index is 560. The molecule has 1 aromatic carbocycles. The van der Waals surface area contributed by atoms with Crippen LogP contribution in [0.15, 0.2) is 42.7 Å². The van der Waals surface area contributed by atoms with Crippen molar-refractivity contribution in [1.29, 1.82) is 0 Å². The van der Waals surface area contributed by atoms with Crippen LogP contribution in [-0.2, 0) is 6.54 Å². The fraction of sp³-hybridized carbons (Fsp3) is 0.0769. The molecule has 0 unspecified atom stereocenters. The van der Waals surface area contributed by atoms with Crippen molar-refractivity contribution in [2.24, 2.45) is 0 Å². The summed E-state index contributed by atoms with van der Waals surface area (Å²) in [5.74, 6) is -1.10. The Hall–Kier alpha value is -1.94.